The Hall–Kier alpha value is -0.740. The summed E-state index contributed by atoms with van der Waals surface area (Å²) in [7, 11) is -1.69. The van der Waals surface area contributed by atoms with Gasteiger partial charge in [-0.25, -0.2) is 8.42 Å². The summed E-state index contributed by atoms with van der Waals surface area (Å²) in [6, 6.07) is 7.64. The number of benzene rings is 1. The summed E-state index contributed by atoms with van der Waals surface area (Å²) in [5.41, 5.74) is 0.569. The Morgan fingerprint density at radius 1 is 1.50 bits per heavy atom. The molecule has 0 spiro atoms. The molecule has 0 aliphatic heterocycles. The van der Waals surface area contributed by atoms with Crippen molar-refractivity contribution >= 4 is 27.3 Å². The van der Waals surface area contributed by atoms with Crippen LogP contribution in [0.25, 0.3) is 0 Å². The van der Waals surface area contributed by atoms with Gasteiger partial charge in [0.05, 0.1) is 16.5 Å². The predicted molar refractivity (Wildman–Crippen MR) is 67.4 cm³/mol. The first-order valence-electron chi connectivity index (χ1n) is 5.11. The van der Waals surface area contributed by atoms with Crippen molar-refractivity contribution in [3.8, 4) is 0 Å². The second-order valence-electron chi connectivity index (χ2n) is 3.53. The molecule has 0 saturated carbocycles. The molecule has 0 aliphatic rings. The van der Waals surface area contributed by atoms with Gasteiger partial charge in [-0.1, -0.05) is 31.0 Å². The smallest absolute Gasteiger partial charge is 0.234 e. The van der Waals surface area contributed by atoms with Crippen LogP contribution in [0.15, 0.2) is 18.2 Å². The lowest BCUT2D eigenvalue weighted by atomic mass is 10.3. The summed E-state index contributed by atoms with van der Waals surface area (Å²) in [5, 5.41) is 0.412. The second-order valence-corrected chi connectivity index (χ2v) is 6.06. The quantitative estimate of drug-likeness (QED) is 0.816. The fourth-order valence-corrected chi connectivity index (χ4v) is 2.78. The fourth-order valence-electron chi connectivity index (χ4n) is 1.25. The van der Waals surface area contributed by atoms with Gasteiger partial charge in [-0.05, 0) is 18.6 Å². The summed E-state index contributed by atoms with van der Waals surface area (Å²) in [6.07, 6.45) is 1.52. The molecule has 0 saturated heterocycles. The lowest BCUT2D eigenvalue weighted by molar-refractivity contribution is 0.591. The maximum Gasteiger partial charge on any atom is 0.234 e. The van der Waals surface area contributed by atoms with Gasteiger partial charge in [0.25, 0.3) is 0 Å². The Labute approximate surface area is 102 Å². The molecule has 1 aromatic rings. The molecule has 0 heterocycles. The molecule has 0 aromatic heterocycles. The SMILES string of the molecule is CCCCS(=O)(=O)N(C)c1cc[c]c(Cl)c1. The Morgan fingerprint density at radius 3 is 2.75 bits per heavy atom. The van der Waals surface area contributed by atoms with E-state index in [4.69, 9.17) is 11.6 Å². The number of rotatable bonds is 5. The van der Waals surface area contributed by atoms with Crippen molar-refractivity contribution in [3.63, 3.8) is 0 Å². The number of unbranched alkanes of at least 4 members (excludes halogenated alkanes) is 1. The number of sulfonamides is 1. The van der Waals surface area contributed by atoms with E-state index in [2.05, 4.69) is 6.07 Å². The first kappa shape index (κ1) is 13.3. The lowest BCUT2D eigenvalue weighted by Gasteiger charge is -2.19. The molecule has 5 heteroatoms. The van der Waals surface area contributed by atoms with E-state index in [1.54, 1.807) is 18.2 Å². The molecule has 3 nitrogen and oxygen atoms in total. The minimum atomic E-state index is -3.23. The van der Waals surface area contributed by atoms with Crippen LogP contribution in [-0.4, -0.2) is 21.2 Å². The van der Waals surface area contributed by atoms with Crippen LogP contribution in [-0.2, 0) is 10.0 Å². The number of hydrogen-bond acceptors (Lipinski definition) is 2. The first-order valence-corrected chi connectivity index (χ1v) is 7.10. The molecule has 0 amide bonds. The Balaban J connectivity index is 2.89. The standard InChI is InChI=1S/C11H15ClNO2S/c1-3-4-8-16(14,15)13(2)11-7-5-6-10(12)9-11/h5,7,9H,3-4,8H2,1-2H3. The van der Waals surface area contributed by atoms with Crippen LogP contribution in [0.1, 0.15) is 19.8 Å². The molecule has 1 rings (SSSR count). The molecule has 0 unspecified atom stereocenters. The van der Waals surface area contributed by atoms with Crippen molar-refractivity contribution in [2.24, 2.45) is 0 Å². The largest absolute Gasteiger partial charge is 0.273 e. The number of hydrogen-bond donors (Lipinski definition) is 0. The van der Waals surface area contributed by atoms with E-state index in [1.807, 2.05) is 6.92 Å². The van der Waals surface area contributed by atoms with Gasteiger partial charge in [0.1, 0.15) is 0 Å². The van der Waals surface area contributed by atoms with E-state index < -0.39 is 10.0 Å². The van der Waals surface area contributed by atoms with E-state index in [1.165, 1.54) is 11.4 Å². The van der Waals surface area contributed by atoms with E-state index in [9.17, 15) is 8.42 Å². The van der Waals surface area contributed by atoms with Crippen LogP contribution < -0.4 is 4.31 Å². The zero-order chi connectivity index (χ0) is 12.2. The zero-order valence-electron chi connectivity index (χ0n) is 9.40. The third-order valence-electron chi connectivity index (χ3n) is 2.29. The topological polar surface area (TPSA) is 37.4 Å². The number of anilines is 1. The van der Waals surface area contributed by atoms with E-state index in [0.29, 0.717) is 17.1 Å². The third kappa shape index (κ3) is 3.39. The summed E-state index contributed by atoms with van der Waals surface area (Å²) >= 11 is 5.77. The molecule has 1 radical (unpaired) electrons. The number of halogens is 1. The molecule has 0 atom stereocenters. The van der Waals surface area contributed by atoms with Crippen molar-refractivity contribution in [3.05, 3.63) is 29.3 Å². The van der Waals surface area contributed by atoms with Crippen LogP contribution in [0.2, 0.25) is 5.02 Å². The highest BCUT2D eigenvalue weighted by atomic mass is 35.5. The molecule has 1 aromatic carbocycles. The molecule has 0 N–H and O–H groups in total. The van der Waals surface area contributed by atoms with E-state index >= 15 is 0 Å². The van der Waals surface area contributed by atoms with Gasteiger partial charge in [0.2, 0.25) is 10.0 Å². The van der Waals surface area contributed by atoms with Gasteiger partial charge in [-0.15, -0.1) is 0 Å². The number of nitrogens with zero attached hydrogens (tertiary/aromatic N) is 1. The van der Waals surface area contributed by atoms with Gasteiger partial charge in [0, 0.05) is 13.1 Å². The average molecular weight is 261 g/mol. The van der Waals surface area contributed by atoms with Gasteiger partial charge < -0.3 is 0 Å². The lowest BCUT2D eigenvalue weighted by Crippen LogP contribution is -2.28. The Bertz CT molecular complexity index is 445. The normalized spacial score (nSPS) is 11.4. The molecule has 16 heavy (non-hydrogen) atoms. The zero-order valence-corrected chi connectivity index (χ0v) is 11.0. The highest BCUT2D eigenvalue weighted by Gasteiger charge is 2.17. The van der Waals surface area contributed by atoms with E-state index in [-0.39, 0.29) is 5.75 Å². The van der Waals surface area contributed by atoms with Crippen LogP contribution in [0.4, 0.5) is 5.69 Å². The molecule has 0 bridgehead atoms. The van der Waals surface area contributed by atoms with E-state index in [0.717, 1.165) is 6.42 Å². The molecule has 0 aliphatic carbocycles. The highest BCUT2D eigenvalue weighted by Crippen LogP contribution is 2.20. The molecular weight excluding hydrogens is 246 g/mol. The summed E-state index contributed by atoms with van der Waals surface area (Å²) < 4.78 is 25.0. The van der Waals surface area contributed by atoms with Crippen LogP contribution in [0, 0.1) is 6.07 Å². The summed E-state index contributed by atoms with van der Waals surface area (Å²) in [5.74, 6) is 0.163. The molecular formula is C11H15ClNO2S. The van der Waals surface area contributed by atoms with Crippen molar-refractivity contribution in [1.82, 2.24) is 0 Å². The van der Waals surface area contributed by atoms with Gasteiger partial charge in [-0.2, -0.15) is 0 Å². The van der Waals surface area contributed by atoms with Crippen LogP contribution in [0.5, 0.6) is 0 Å². The Kier molecular flexibility index (Phi) is 4.62. The molecule has 0 fully saturated rings. The minimum absolute atomic E-state index is 0.163. The first-order chi connectivity index (χ1) is 7.47. The Morgan fingerprint density at radius 2 is 2.19 bits per heavy atom. The monoisotopic (exact) mass is 260 g/mol. The second kappa shape index (κ2) is 5.55. The third-order valence-corrected chi connectivity index (χ3v) is 4.35. The van der Waals surface area contributed by atoms with Crippen LogP contribution >= 0.6 is 11.6 Å². The minimum Gasteiger partial charge on any atom is -0.273 e. The summed E-state index contributed by atoms with van der Waals surface area (Å²) in [6.45, 7) is 1.96. The maximum atomic E-state index is 11.9. The van der Waals surface area contributed by atoms with Crippen molar-refractivity contribution < 1.29 is 8.42 Å². The fraction of sp³-hybridized carbons (Fsp3) is 0.455. The summed E-state index contributed by atoms with van der Waals surface area (Å²) in [4.78, 5) is 0. The van der Waals surface area contributed by atoms with Gasteiger partial charge in [0.15, 0.2) is 0 Å². The van der Waals surface area contributed by atoms with Crippen LogP contribution in [0.3, 0.4) is 0 Å². The van der Waals surface area contributed by atoms with Gasteiger partial charge >= 0.3 is 0 Å². The maximum absolute atomic E-state index is 11.9. The predicted octanol–water partition coefficient (Wildman–Crippen LogP) is 2.71. The average Bonchev–Trinajstić information content (AvgIpc) is 2.25. The van der Waals surface area contributed by atoms with Crippen molar-refractivity contribution in [2.45, 2.75) is 19.8 Å². The van der Waals surface area contributed by atoms with Gasteiger partial charge in [-0.3, -0.25) is 4.31 Å². The van der Waals surface area contributed by atoms with Crippen molar-refractivity contribution in [2.75, 3.05) is 17.1 Å². The highest BCUT2D eigenvalue weighted by molar-refractivity contribution is 7.92. The van der Waals surface area contributed by atoms with Crippen molar-refractivity contribution in [1.29, 1.82) is 0 Å². The molecule has 89 valence electrons.